The molecule has 0 radical (unpaired) electrons. The predicted molar refractivity (Wildman–Crippen MR) is 92.3 cm³/mol. The van der Waals surface area contributed by atoms with Crippen LogP contribution in [0.1, 0.15) is 17.5 Å². The highest BCUT2D eigenvalue weighted by atomic mass is 16.3. The third-order valence-electron chi connectivity index (χ3n) is 4.61. The van der Waals surface area contributed by atoms with Crippen LogP contribution in [-0.2, 0) is 11.8 Å². The lowest BCUT2D eigenvalue weighted by molar-refractivity contribution is -0.133. The summed E-state index contributed by atoms with van der Waals surface area (Å²) in [5.41, 5.74) is 0. The van der Waals surface area contributed by atoms with Gasteiger partial charge in [-0.2, -0.15) is 5.10 Å². The summed E-state index contributed by atoms with van der Waals surface area (Å²) < 4.78 is 6.87. The standard InChI is InChI=1S/C17H23N5O3/c1-13(20(3)15-6-7-19(2)18-15)16(23)21-8-10-22(11-9-21)17(24)14-5-4-12-25-14/h4-7,12-13H,8-11H2,1-3H3. The fourth-order valence-corrected chi connectivity index (χ4v) is 2.91. The van der Waals surface area contributed by atoms with E-state index in [-0.39, 0.29) is 17.9 Å². The van der Waals surface area contributed by atoms with Crippen LogP contribution in [0.3, 0.4) is 0 Å². The second-order valence-corrected chi connectivity index (χ2v) is 6.23. The number of hydrogen-bond donors (Lipinski definition) is 0. The Morgan fingerprint density at radius 1 is 1.20 bits per heavy atom. The minimum Gasteiger partial charge on any atom is -0.459 e. The number of amides is 2. The van der Waals surface area contributed by atoms with E-state index in [4.69, 9.17) is 4.42 Å². The molecule has 2 aromatic rings. The number of carbonyl (C=O) groups is 2. The summed E-state index contributed by atoms with van der Waals surface area (Å²) in [6.45, 7) is 3.92. The number of aromatic nitrogens is 2. The van der Waals surface area contributed by atoms with Crippen molar-refractivity contribution in [3.8, 4) is 0 Å². The Balaban J connectivity index is 1.56. The first-order chi connectivity index (χ1) is 12.0. The van der Waals surface area contributed by atoms with Gasteiger partial charge in [-0.1, -0.05) is 0 Å². The summed E-state index contributed by atoms with van der Waals surface area (Å²) in [6.07, 6.45) is 3.34. The van der Waals surface area contributed by atoms with Gasteiger partial charge in [-0.15, -0.1) is 0 Å². The summed E-state index contributed by atoms with van der Waals surface area (Å²) >= 11 is 0. The maximum Gasteiger partial charge on any atom is 0.289 e. The van der Waals surface area contributed by atoms with Crippen molar-refractivity contribution in [2.45, 2.75) is 13.0 Å². The van der Waals surface area contributed by atoms with Gasteiger partial charge in [0, 0.05) is 52.5 Å². The van der Waals surface area contributed by atoms with Crippen LogP contribution in [0, 0.1) is 0 Å². The van der Waals surface area contributed by atoms with Crippen LogP contribution >= 0.6 is 0 Å². The van der Waals surface area contributed by atoms with Crippen molar-refractivity contribution >= 4 is 17.6 Å². The lowest BCUT2D eigenvalue weighted by atomic mass is 10.2. The summed E-state index contributed by atoms with van der Waals surface area (Å²) in [6, 6.07) is 4.91. The zero-order chi connectivity index (χ0) is 18.0. The van der Waals surface area contributed by atoms with Crippen molar-refractivity contribution in [2.75, 3.05) is 38.1 Å². The Labute approximate surface area is 146 Å². The molecule has 1 atom stereocenters. The number of hydrogen-bond acceptors (Lipinski definition) is 5. The number of furan rings is 1. The average Bonchev–Trinajstić information content (AvgIpc) is 3.31. The maximum atomic E-state index is 12.8. The molecule has 1 unspecified atom stereocenters. The van der Waals surface area contributed by atoms with Crippen LogP contribution in [-0.4, -0.2) is 70.7 Å². The molecule has 0 aliphatic carbocycles. The van der Waals surface area contributed by atoms with Crippen LogP contribution in [0.4, 0.5) is 5.82 Å². The zero-order valence-electron chi connectivity index (χ0n) is 14.8. The van der Waals surface area contributed by atoms with Crippen molar-refractivity contribution in [1.29, 1.82) is 0 Å². The number of aryl methyl sites for hydroxylation is 1. The Morgan fingerprint density at radius 2 is 1.88 bits per heavy atom. The van der Waals surface area contributed by atoms with E-state index in [9.17, 15) is 9.59 Å². The molecular formula is C17H23N5O3. The van der Waals surface area contributed by atoms with Gasteiger partial charge in [0.15, 0.2) is 11.6 Å². The molecule has 8 nitrogen and oxygen atoms in total. The van der Waals surface area contributed by atoms with Gasteiger partial charge in [-0.05, 0) is 19.1 Å². The highest BCUT2D eigenvalue weighted by Gasteiger charge is 2.30. The number of anilines is 1. The van der Waals surface area contributed by atoms with Gasteiger partial charge < -0.3 is 19.1 Å². The second kappa shape index (κ2) is 7.00. The molecule has 134 valence electrons. The van der Waals surface area contributed by atoms with Gasteiger partial charge in [-0.3, -0.25) is 14.3 Å². The molecule has 0 spiro atoms. The maximum absolute atomic E-state index is 12.8. The third kappa shape index (κ3) is 3.52. The molecule has 1 aliphatic heterocycles. The topological polar surface area (TPSA) is 74.8 Å². The SMILES string of the molecule is CC(C(=O)N1CCN(C(=O)c2ccco2)CC1)N(C)c1ccn(C)n1. The highest BCUT2D eigenvalue weighted by Crippen LogP contribution is 2.15. The minimum absolute atomic E-state index is 0.0400. The van der Waals surface area contributed by atoms with Crippen molar-refractivity contribution in [1.82, 2.24) is 19.6 Å². The summed E-state index contributed by atoms with van der Waals surface area (Å²) in [4.78, 5) is 30.4. The molecule has 2 aromatic heterocycles. The van der Waals surface area contributed by atoms with Gasteiger partial charge in [0.05, 0.1) is 6.26 Å². The van der Waals surface area contributed by atoms with E-state index in [1.54, 1.807) is 26.6 Å². The van der Waals surface area contributed by atoms with Crippen molar-refractivity contribution in [2.24, 2.45) is 7.05 Å². The quantitative estimate of drug-likeness (QED) is 0.820. The Kier molecular flexibility index (Phi) is 4.78. The highest BCUT2D eigenvalue weighted by molar-refractivity contribution is 5.91. The van der Waals surface area contributed by atoms with Crippen molar-refractivity contribution in [3.05, 3.63) is 36.4 Å². The molecule has 0 N–H and O–H groups in total. The lowest BCUT2D eigenvalue weighted by Gasteiger charge is -2.37. The number of likely N-dealkylation sites (N-methyl/N-ethyl adjacent to an activating group) is 1. The Bertz CT molecular complexity index is 731. The molecule has 1 aliphatic rings. The van der Waals surface area contributed by atoms with Gasteiger partial charge in [-0.25, -0.2) is 0 Å². The molecular weight excluding hydrogens is 322 g/mol. The summed E-state index contributed by atoms with van der Waals surface area (Å²) in [7, 11) is 3.71. The van der Waals surface area contributed by atoms with Gasteiger partial charge in [0.2, 0.25) is 5.91 Å². The van der Waals surface area contributed by atoms with Crippen molar-refractivity contribution in [3.63, 3.8) is 0 Å². The normalized spacial score (nSPS) is 16.0. The van der Waals surface area contributed by atoms with E-state index in [1.807, 2.05) is 38.2 Å². The van der Waals surface area contributed by atoms with Crippen LogP contribution in [0.5, 0.6) is 0 Å². The van der Waals surface area contributed by atoms with Crippen LogP contribution in [0.15, 0.2) is 35.1 Å². The first-order valence-electron chi connectivity index (χ1n) is 8.31. The molecule has 8 heteroatoms. The van der Waals surface area contributed by atoms with E-state index < -0.39 is 0 Å². The first kappa shape index (κ1) is 17.1. The van der Waals surface area contributed by atoms with Gasteiger partial charge in [0.1, 0.15) is 6.04 Å². The molecule has 3 heterocycles. The predicted octanol–water partition coefficient (Wildman–Crippen LogP) is 0.822. The molecule has 3 rings (SSSR count). The smallest absolute Gasteiger partial charge is 0.289 e. The van der Waals surface area contributed by atoms with E-state index in [0.29, 0.717) is 31.9 Å². The minimum atomic E-state index is -0.317. The van der Waals surface area contributed by atoms with E-state index in [2.05, 4.69) is 5.10 Å². The molecule has 25 heavy (non-hydrogen) atoms. The number of nitrogens with zero attached hydrogens (tertiary/aromatic N) is 5. The molecule has 1 fully saturated rings. The van der Waals surface area contributed by atoms with Crippen LogP contribution in [0.25, 0.3) is 0 Å². The van der Waals surface area contributed by atoms with Gasteiger partial charge >= 0.3 is 0 Å². The molecule has 0 bridgehead atoms. The van der Waals surface area contributed by atoms with E-state index >= 15 is 0 Å². The molecule has 0 saturated carbocycles. The molecule has 0 aromatic carbocycles. The Hall–Kier alpha value is -2.77. The van der Waals surface area contributed by atoms with Crippen molar-refractivity contribution < 1.29 is 14.0 Å². The van der Waals surface area contributed by atoms with E-state index in [1.165, 1.54) is 6.26 Å². The lowest BCUT2D eigenvalue weighted by Crippen LogP contribution is -2.54. The number of carbonyl (C=O) groups excluding carboxylic acids is 2. The molecule has 2 amide bonds. The average molecular weight is 345 g/mol. The second-order valence-electron chi connectivity index (χ2n) is 6.23. The monoisotopic (exact) mass is 345 g/mol. The van der Waals surface area contributed by atoms with Crippen LogP contribution in [0.2, 0.25) is 0 Å². The summed E-state index contributed by atoms with van der Waals surface area (Å²) in [5, 5.41) is 4.33. The summed E-state index contributed by atoms with van der Waals surface area (Å²) in [5.74, 6) is 1.01. The fraction of sp³-hybridized carbons (Fsp3) is 0.471. The largest absolute Gasteiger partial charge is 0.459 e. The van der Waals surface area contributed by atoms with Crippen LogP contribution < -0.4 is 4.90 Å². The number of rotatable bonds is 4. The first-order valence-corrected chi connectivity index (χ1v) is 8.31. The van der Waals surface area contributed by atoms with Gasteiger partial charge in [0.25, 0.3) is 5.91 Å². The van der Waals surface area contributed by atoms with E-state index in [0.717, 1.165) is 5.82 Å². The molecule has 1 saturated heterocycles. The number of piperazine rings is 1. The zero-order valence-corrected chi connectivity index (χ0v) is 14.8. The fourth-order valence-electron chi connectivity index (χ4n) is 2.91. The Morgan fingerprint density at radius 3 is 2.44 bits per heavy atom. The third-order valence-corrected chi connectivity index (χ3v) is 4.61.